The number of hydrogen-bond donors (Lipinski definition) is 1. The van der Waals surface area contributed by atoms with E-state index in [0.717, 1.165) is 28.0 Å². The quantitative estimate of drug-likeness (QED) is 0.854. The molecule has 0 fully saturated rings. The second-order valence-corrected chi connectivity index (χ2v) is 5.38. The smallest absolute Gasteiger partial charge is 0.0953 e. The summed E-state index contributed by atoms with van der Waals surface area (Å²) >= 11 is 9.49. The van der Waals surface area contributed by atoms with E-state index in [2.05, 4.69) is 28.2 Å². The number of benzene rings is 1. The molecule has 4 heteroatoms. The molecule has 1 unspecified atom stereocenters. The van der Waals surface area contributed by atoms with Crippen molar-refractivity contribution >= 4 is 27.5 Å². The number of nitrogens with one attached hydrogen (secondary N) is 1. The Labute approximate surface area is 120 Å². The van der Waals surface area contributed by atoms with Crippen LogP contribution in [0.5, 0.6) is 0 Å². The lowest BCUT2D eigenvalue weighted by Crippen LogP contribution is -2.22. The van der Waals surface area contributed by atoms with Crippen LogP contribution in [-0.2, 0) is 0 Å². The zero-order valence-electron chi connectivity index (χ0n) is 10.1. The lowest BCUT2D eigenvalue weighted by Gasteiger charge is -2.18. The first-order valence-corrected chi connectivity index (χ1v) is 7.10. The van der Waals surface area contributed by atoms with Crippen LogP contribution in [0.2, 0.25) is 5.02 Å². The molecular weight excluding hydrogens is 314 g/mol. The Kier molecular flexibility index (Phi) is 4.87. The molecule has 0 aliphatic carbocycles. The molecule has 18 heavy (non-hydrogen) atoms. The van der Waals surface area contributed by atoms with E-state index in [1.54, 1.807) is 12.5 Å². The standard InChI is InChI=1S/C14H15BrClNO/c1-2-6-17-14(11-5-7-18-9-11)10-3-4-13(16)12(15)8-10/h3-5,7-9,14,17H,2,6H2,1H3. The van der Waals surface area contributed by atoms with Crippen molar-refractivity contribution in [2.45, 2.75) is 19.4 Å². The van der Waals surface area contributed by atoms with Crippen molar-refractivity contribution in [2.75, 3.05) is 6.54 Å². The van der Waals surface area contributed by atoms with E-state index in [0.29, 0.717) is 0 Å². The fourth-order valence-corrected chi connectivity index (χ4v) is 2.36. The highest BCUT2D eigenvalue weighted by atomic mass is 79.9. The van der Waals surface area contributed by atoms with Crippen molar-refractivity contribution in [2.24, 2.45) is 0 Å². The fourth-order valence-electron chi connectivity index (χ4n) is 1.85. The van der Waals surface area contributed by atoms with Crippen LogP contribution < -0.4 is 5.32 Å². The van der Waals surface area contributed by atoms with E-state index in [4.69, 9.17) is 16.0 Å². The predicted molar refractivity (Wildman–Crippen MR) is 78.0 cm³/mol. The second-order valence-electron chi connectivity index (χ2n) is 4.12. The summed E-state index contributed by atoms with van der Waals surface area (Å²) in [6, 6.07) is 8.10. The Morgan fingerprint density at radius 1 is 1.33 bits per heavy atom. The molecular formula is C14H15BrClNO. The molecule has 1 heterocycles. The van der Waals surface area contributed by atoms with Gasteiger partial charge in [0.1, 0.15) is 0 Å². The van der Waals surface area contributed by atoms with Gasteiger partial charge in [0.25, 0.3) is 0 Å². The minimum atomic E-state index is 0.136. The minimum absolute atomic E-state index is 0.136. The number of rotatable bonds is 5. The molecule has 0 spiro atoms. The average Bonchev–Trinajstić information content (AvgIpc) is 2.88. The summed E-state index contributed by atoms with van der Waals surface area (Å²) in [6.07, 6.45) is 4.56. The third-order valence-electron chi connectivity index (χ3n) is 2.75. The summed E-state index contributed by atoms with van der Waals surface area (Å²) in [7, 11) is 0. The van der Waals surface area contributed by atoms with Gasteiger partial charge in [-0.15, -0.1) is 0 Å². The van der Waals surface area contributed by atoms with Crippen molar-refractivity contribution in [1.82, 2.24) is 5.32 Å². The maximum Gasteiger partial charge on any atom is 0.0953 e. The van der Waals surface area contributed by atoms with E-state index < -0.39 is 0 Å². The van der Waals surface area contributed by atoms with Gasteiger partial charge in [0.05, 0.1) is 23.6 Å². The van der Waals surface area contributed by atoms with Crippen LogP contribution >= 0.6 is 27.5 Å². The maximum atomic E-state index is 6.03. The minimum Gasteiger partial charge on any atom is -0.472 e. The normalized spacial score (nSPS) is 12.6. The van der Waals surface area contributed by atoms with Gasteiger partial charge in [-0.2, -0.15) is 0 Å². The van der Waals surface area contributed by atoms with Crippen LogP contribution in [0.25, 0.3) is 0 Å². The molecule has 0 aliphatic rings. The van der Waals surface area contributed by atoms with Crippen molar-refractivity contribution in [3.63, 3.8) is 0 Å². The average molecular weight is 329 g/mol. The Balaban J connectivity index is 2.30. The molecule has 0 saturated carbocycles. The molecule has 0 amide bonds. The summed E-state index contributed by atoms with van der Waals surface area (Å²) in [6.45, 7) is 3.10. The molecule has 2 rings (SSSR count). The lowest BCUT2D eigenvalue weighted by molar-refractivity contribution is 0.548. The van der Waals surface area contributed by atoms with E-state index in [1.807, 2.05) is 24.3 Å². The van der Waals surface area contributed by atoms with Gasteiger partial charge in [0, 0.05) is 10.0 Å². The van der Waals surface area contributed by atoms with Gasteiger partial charge in [-0.1, -0.05) is 24.6 Å². The molecule has 0 aliphatic heterocycles. The first-order valence-electron chi connectivity index (χ1n) is 5.92. The maximum absolute atomic E-state index is 6.03. The van der Waals surface area contributed by atoms with Crippen LogP contribution in [0, 0.1) is 0 Å². The summed E-state index contributed by atoms with van der Waals surface area (Å²) in [4.78, 5) is 0. The van der Waals surface area contributed by atoms with Crippen LogP contribution in [0.4, 0.5) is 0 Å². The summed E-state index contributed by atoms with van der Waals surface area (Å²) in [5, 5.41) is 4.23. The fraction of sp³-hybridized carbons (Fsp3) is 0.286. The van der Waals surface area contributed by atoms with Crippen molar-refractivity contribution < 1.29 is 4.42 Å². The topological polar surface area (TPSA) is 25.2 Å². The van der Waals surface area contributed by atoms with Crippen molar-refractivity contribution in [3.8, 4) is 0 Å². The largest absolute Gasteiger partial charge is 0.472 e. The molecule has 1 N–H and O–H groups in total. The molecule has 1 aromatic heterocycles. The SMILES string of the molecule is CCCNC(c1ccoc1)c1ccc(Cl)c(Br)c1. The number of halogens is 2. The monoisotopic (exact) mass is 327 g/mol. The van der Waals surface area contributed by atoms with Crippen LogP contribution in [0.3, 0.4) is 0 Å². The van der Waals surface area contributed by atoms with E-state index in [-0.39, 0.29) is 6.04 Å². The van der Waals surface area contributed by atoms with Crippen molar-refractivity contribution in [1.29, 1.82) is 0 Å². The third kappa shape index (κ3) is 3.16. The molecule has 2 nitrogen and oxygen atoms in total. The highest BCUT2D eigenvalue weighted by Crippen LogP contribution is 2.29. The number of hydrogen-bond acceptors (Lipinski definition) is 2. The van der Waals surface area contributed by atoms with Crippen molar-refractivity contribution in [3.05, 3.63) is 57.4 Å². The van der Waals surface area contributed by atoms with Gasteiger partial charge < -0.3 is 9.73 Å². The highest BCUT2D eigenvalue weighted by Gasteiger charge is 2.15. The first kappa shape index (κ1) is 13.7. The van der Waals surface area contributed by atoms with Gasteiger partial charge in [0.2, 0.25) is 0 Å². The van der Waals surface area contributed by atoms with Crippen LogP contribution in [0.15, 0.2) is 45.7 Å². The van der Waals surface area contributed by atoms with E-state index in [9.17, 15) is 0 Å². The summed E-state index contributed by atoms with van der Waals surface area (Å²) in [5.41, 5.74) is 2.29. The van der Waals surface area contributed by atoms with E-state index >= 15 is 0 Å². The van der Waals surface area contributed by atoms with Gasteiger partial charge in [0.15, 0.2) is 0 Å². The highest BCUT2D eigenvalue weighted by molar-refractivity contribution is 9.10. The third-order valence-corrected chi connectivity index (χ3v) is 3.97. The molecule has 0 saturated heterocycles. The predicted octanol–water partition coefficient (Wildman–Crippen LogP) is 4.78. The molecule has 0 radical (unpaired) electrons. The van der Waals surface area contributed by atoms with Gasteiger partial charge >= 0.3 is 0 Å². The summed E-state index contributed by atoms with van der Waals surface area (Å²) in [5.74, 6) is 0. The number of furan rings is 1. The molecule has 1 atom stereocenters. The van der Waals surface area contributed by atoms with Gasteiger partial charge in [-0.3, -0.25) is 0 Å². The van der Waals surface area contributed by atoms with Gasteiger partial charge in [-0.05, 0) is 52.7 Å². The zero-order chi connectivity index (χ0) is 13.0. The molecule has 1 aromatic carbocycles. The Bertz CT molecular complexity index is 499. The van der Waals surface area contributed by atoms with Gasteiger partial charge in [-0.25, -0.2) is 0 Å². The Morgan fingerprint density at radius 2 is 2.17 bits per heavy atom. The van der Waals surface area contributed by atoms with Crippen LogP contribution in [0.1, 0.15) is 30.5 Å². The summed E-state index contributed by atoms with van der Waals surface area (Å²) < 4.78 is 6.08. The lowest BCUT2D eigenvalue weighted by atomic mass is 10.0. The molecule has 0 bridgehead atoms. The van der Waals surface area contributed by atoms with E-state index in [1.165, 1.54) is 5.56 Å². The zero-order valence-corrected chi connectivity index (χ0v) is 12.5. The first-order chi connectivity index (χ1) is 8.72. The second kappa shape index (κ2) is 6.41. The molecule has 96 valence electrons. The Morgan fingerprint density at radius 3 is 2.78 bits per heavy atom. The Hall–Kier alpha value is -0.770. The molecule has 2 aromatic rings. The van der Waals surface area contributed by atoms with Crippen LogP contribution in [-0.4, -0.2) is 6.54 Å².